The summed E-state index contributed by atoms with van der Waals surface area (Å²) in [5.41, 5.74) is 6.21. The second-order valence-electron chi connectivity index (χ2n) is 8.41. The minimum Gasteiger partial charge on any atom is -0.488 e. The molecule has 4 rings (SSSR count). The lowest BCUT2D eigenvalue weighted by atomic mass is 10.1. The number of nitrogens with zero attached hydrogens (tertiary/aromatic N) is 3. The van der Waals surface area contributed by atoms with Crippen LogP contribution >= 0.6 is 11.6 Å². The van der Waals surface area contributed by atoms with Gasteiger partial charge in [-0.3, -0.25) is 9.48 Å². The monoisotopic (exact) mass is 478 g/mol. The molecule has 2 aromatic carbocycles. The Hall–Kier alpha value is -3.58. The van der Waals surface area contributed by atoms with Gasteiger partial charge in [0.05, 0.1) is 29.2 Å². The molecule has 0 aliphatic heterocycles. The summed E-state index contributed by atoms with van der Waals surface area (Å²) in [6, 6.07) is 13.6. The van der Waals surface area contributed by atoms with Gasteiger partial charge in [0.25, 0.3) is 5.91 Å². The first-order valence-corrected chi connectivity index (χ1v) is 11.4. The number of halogens is 1. The summed E-state index contributed by atoms with van der Waals surface area (Å²) in [7, 11) is 0. The Labute approximate surface area is 203 Å². The van der Waals surface area contributed by atoms with Crippen LogP contribution in [0.2, 0.25) is 5.02 Å². The Kier molecular flexibility index (Phi) is 6.75. The number of benzene rings is 2. The molecule has 0 spiro atoms. The number of anilines is 1. The number of rotatable bonds is 7. The summed E-state index contributed by atoms with van der Waals surface area (Å²) >= 11 is 6.11. The van der Waals surface area contributed by atoms with E-state index in [0.717, 1.165) is 28.1 Å². The molecule has 0 radical (unpaired) electrons. The normalized spacial score (nSPS) is 11.0. The minimum absolute atomic E-state index is 0.175. The van der Waals surface area contributed by atoms with E-state index in [9.17, 15) is 4.79 Å². The predicted octanol–water partition coefficient (Wildman–Crippen LogP) is 5.95. The van der Waals surface area contributed by atoms with E-state index in [1.54, 1.807) is 6.92 Å². The lowest BCUT2D eigenvalue weighted by molar-refractivity contribution is 0.101. The summed E-state index contributed by atoms with van der Waals surface area (Å²) in [5.74, 6) is 0.927. The first-order chi connectivity index (χ1) is 16.2. The Balaban J connectivity index is 1.52. The van der Waals surface area contributed by atoms with Crippen molar-refractivity contribution in [3.05, 3.63) is 92.6 Å². The summed E-state index contributed by atoms with van der Waals surface area (Å²) < 4.78 is 13.1. The zero-order valence-electron chi connectivity index (χ0n) is 19.9. The Morgan fingerprint density at radius 2 is 1.91 bits per heavy atom. The molecular formula is C26H27ClN4O3. The quantitative estimate of drug-likeness (QED) is 0.355. The van der Waals surface area contributed by atoms with Gasteiger partial charge < -0.3 is 14.6 Å². The van der Waals surface area contributed by atoms with Gasteiger partial charge in [0.15, 0.2) is 5.69 Å². The number of nitrogens with one attached hydrogen (secondary N) is 1. The SMILES string of the molecule is Cc1ccc(OCc2c(C(=O)Nc3c(C)nn(Cc4cccc(Cl)c4)c3C)noc2C)c(C)c1. The first-order valence-electron chi connectivity index (χ1n) is 11.0. The Morgan fingerprint density at radius 1 is 1.12 bits per heavy atom. The van der Waals surface area contributed by atoms with E-state index in [4.69, 9.17) is 20.9 Å². The molecule has 7 nitrogen and oxygen atoms in total. The molecule has 34 heavy (non-hydrogen) atoms. The zero-order chi connectivity index (χ0) is 24.4. The van der Waals surface area contributed by atoms with Crippen LogP contribution in [0.1, 0.15) is 49.9 Å². The minimum atomic E-state index is -0.371. The highest BCUT2D eigenvalue weighted by atomic mass is 35.5. The molecule has 4 aromatic rings. The van der Waals surface area contributed by atoms with Crippen LogP contribution < -0.4 is 10.1 Å². The Morgan fingerprint density at radius 3 is 2.65 bits per heavy atom. The van der Waals surface area contributed by atoms with Crippen LogP contribution in [0.3, 0.4) is 0 Å². The van der Waals surface area contributed by atoms with Gasteiger partial charge in [0, 0.05) is 5.02 Å². The number of carbonyl (C=O) groups excluding carboxylic acids is 1. The molecule has 0 aliphatic rings. The summed E-state index contributed by atoms with van der Waals surface area (Å²) in [5, 5.41) is 12.2. The third kappa shape index (κ3) is 4.99. The second-order valence-corrected chi connectivity index (χ2v) is 8.85. The van der Waals surface area contributed by atoms with Crippen molar-refractivity contribution in [3.8, 4) is 5.75 Å². The van der Waals surface area contributed by atoms with Crippen molar-refractivity contribution >= 4 is 23.2 Å². The van der Waals surface area contributed by atoms with Crippen molar-refractivity contribution < 1.29 is 14.1 Å². The molecule has 0 bridgehead atoms. The molecule has 176 valence electrons. The van der Waals surface area contributed by atoms with Gasteiger partial charge in [0.1, 0.15) is 18.1 Å². The topological polar surface area (TPSA) is 82.2 Å². The van der Waals surface area contributed by atoms with Crippen molar-refractivity contribution in [2.45, 2.75) is 47.8 Å². The molecule has 0 saturated heterocycles. The fraction of sp³-hybridized carbons (Fsp3) is 0.269. The van der Waals surface area contributed by atoms with Crippen molar-refractivity contribution in [2.24, 2.45) is 0 Å². The Bertz CT molecular complexity index is 1360. The average Bonchev–Trinajstić information content (AvgIpc) is 3.27. The van der Waals surface area contributed by atoms with Gasteiger partial charge in [-0.05, 0) is 63.9 Å². The van der Waals surface area contributed by atoms with Crippen LogP contribution in [-0.4, -0.2) is 20.8 Å². The van der Waals surface area contributed by atoms with Crippen molar-refractivity contribution in [1.29, 1.82) is 0 Å². The molecular weight excluding hydrogens is 452 g/mol. The standard InChI is InChI=1S/C26H27ClN4O3/c1-15-9-10-23(16(2)11-15)33-14-22-19(5)34-30-25(22)26(32)28-24-17(3)29-31(18(24)4)13-20-7-6-8-21(27)12-20/h6-12H,13-14H2,1-5H3,(H,28,32). The second kappa shape index (κ2) is 9.73. The van der Waals surface area contributed by atoms with Crippen molar-refractivity contribution in [3.63, 3.8) is 0 Å². The van der Waals surface area contributed by atoms with E-state index >= 15 is 0 Å². The molecule has 1 amide bonds. The van der Waals surface area contributed by atoms with Crippen molar-refractivity contribution in [2.75, 3.05) is 5.32 Å². The number of hydrogen-bond donors (Lipinski definition) is 1. The number of ether oxygens (including phenoxy) is 1. The van der Waals surface area contributed by atoms with E-state index in [2.05, 4.69) is 21.6 Å². The van der Waals surface area contributed by atoms with Gasteiger partial charge in [-0.1, -0.05) is 46.6 Å². The van der Waals surface area contributed by atoms with Gasteiger partial charge >= 0.3 is 0 Å². The van der Waals surface area contributed by atoms with Crippen molar-refractivity contribution in [1.82, 2.24) is 14.9 Å². The fourth-order valence-electron chi connectivity index (χ4n) is 3.86. The molecule has 0 unspecified atom stereocenters. The summed E-state index contributed by atoms with van der Waals surface area (Å²) in [6.07, 6.45) is 0. The largest absolute Gasteiger partial charge is 0.488 e. The zero-order valence-corrected chi connectivity index (χ0v) is 20.7. The van der Waals surface area contributed by atoms with Gasteiger partial charge in [-0.2, -0.15) is 5.10 Å². The highest BCUT2D eigenvalue weighted by Gasteiger charge is 2.23. The van der Waals surface area contributed by atoms with E-state index in [1.807, 2.05) is 68.8 Å². The molecule has 8 heteroatoms. The maximum absolute atomic E-state index is 13.1. The van der Waals surface area contributed by atoms with Crippen LogP contribution in [-0.2, 0) is 13.2 Å². The van der Waals surface area contributed by atoms with E-state index in [-0.39, 0.29) is 18.2 Å². The van der Waals surface area contributed by atoms with Crippen LogP contribution in [0.4, 0.5) is 5.69 Å². The average molecular weight is 479 g/mol. The third-order valence-corrected chi connectivity index (χ3v) is 5.98. The lowest BCUT2D eigenvalue weighted by Gasteiger charge is -2.10. The smallest absolute Gasteiger partial charge is 0.278 e. The van der Waals surface area contributed by atoms with Gasteiger partial charge in [-0.25, -0.2) is 0 Å². The highest BCUT2D eigenvalue weighted by molar-refractivity contribution is 6.30. The molecule has 0 fully saturated rings. The van der Waals surface area contributed by atoms with E-state index < -0.39 is 0 Å². The molecule has 0 saturated carbocycles. The van der Waals surface area contributed by atoms with Gasteiger partial charge in [-0.15, -0.1) is 0 Å². The number of aromatic nitrogens is 3. The molecule has 2 aromatic heterocycles. The molecule has 1 N–H and O–H groups in total. The van der Waals surface area contributed by atoms with Crippen LogP contribution in [0.5, 0.6) is 5.75 Å². The number of aryl methyl sites for hydroxylation is 4. The maximum Gasteiger partial charge on any atom is 0.278 e. The maximum atomic E-state index is 13.1. The highest BCUT2D eigenvalue weighted by Crippen LogP contribution is 2.25. The third-order valence-electron chi connectivity index (χ3n) is 5.74. The van der Waals surface area contributed by atoms with E-state index in [1.165, 1.54) is 0 Å². The van der Waals surface area contributed by atoms with Crippen LogP contribution in [0.25, 0.3) is 0 Å². The molecule has 2 heterocycles. The van der Waals surface area contributed by atoms with Crippen LogP contribution in [0, 0.1) is 34.6 Å². The van der Waals surface area contributed by atoms with Gasteiger partial charge in [0.2, 0.25) is 0 Å². The summed E-state index contributed by atoms with van der Waals surface area (Å²) in [4.78, 5) is 13.1. The number of hydrogen-bond acceptors (Lipinski definition) is 5. The van der Waals surface area contributed by atoms with E-state index in [0.29, 0.717) is 34.3 Å². The lowest BCUT2D eigenvalue weighted by Crippen LogP contribution is -2.16. The molecule has 0 aliphatic carbocycles. The first kappa shape index (κ1) is 23.6. The fourth-order valence-corrected chi connectivity index (χ4v) is 4.08. The summed E-state index contributed by atoms with van der Waals surface area (Å²) in [6.45, 7) is 10.3. The number of amides is 1. The predicted molar refractivity (Wildman–Crippen MR) is 132 cm³/mol. The number of carbonyl (C=O) groups is 1. The van der Waals surface area contributed by atoms with Crippen LogP contribution in [0.15, 0.2) is 47.0 Å². The molecule has 0 atom stereocenters.